The van der Waals surface area contributed by atoms with Crippen LogP contribution in [-0.4, -0.2) is 22.1 Å². The van der Waals surface area contributed by atoms with Crippen molar-refractivity contribution < 1.29 is 0 Å². The Morgan fingerprint density at radius 2 is 2.26 bits per heavy atom. The van der Waals surface area contributed by atoms with Crippen LogP contribution in [0.25, 0.3) is 10.7 Å². The van der Waals surface area contributed by atoms with Crippen LogP contribution in [0.4, 0.5) is 0 Å². The number of rotatable bonds is 7. The molecular formula is C15H23N3S. The molecule has 2 heterocycles. The standard InChI is InChI=1S/C15H23N3S/c1-4-7-16-13(12(2)3)11-18-9-8-17-15(18)14-6-5-10-19-14/h5-6,8-10,12-13,16H,4,7,11H2,1-3H3. The fraction of sp³-hybridized carbons (Fsp3) is 0.533. The van der Waals surface area contributed by atoms with Crippen LogP contribution in [-0.2, 0) is 6.54 Å². The Labute approximate surface area is 119 Å². The molecule has 2 aromatic rings. The molecule has 0 saturated heterocycles. The van der Waals surface area contributed by atoms with Gasteiger partial charge in [0, 0.05) is 25.0 Å². The highest BCUT2D eigenvalue weighted by Crippen LogP contribution is 2.23. The Morgan fingerprint density at radius 1 is 1.42 bits per heavy atom. The van der Waals surface area contributed by atoms with Crippen LogP contribution in [0.1, 0.15) is 27.2 Å². The lowest BCUT2D eigenvalue weighted by Crippen LogP contribution is -2.38. The minimum atomic E-state index is 0.493. The predicted octanol–water partition coefficient (Wildman–Crippen LogP) is 3.64. The molecule has 0 bridgehead atoms. The molecule has 0 aromatic carbocycles. The monoisotopic (exact) mass is 277 g/mol. The van der Waals surface area contributed by atoms with Gasteiger partial charge in [-0.15, -0.1) is 11.3 Å². The second-order valence-electron chi connectivity index (χ2n) is 5.19. The molecule has 0 amide bonds. The molecule has 4 heteroatoms. The SMILES string of the molecule is CCCNC(Cn1ccnc1-c1cccs1)C(C)C. The van der Waals surface area contributed by atoms with E-state index in [1.807, 2.05) is 6.20 Å². The van der Waals surface area contributed by atoms with Crippen LogP contribution >= 0.6 is 11.3 Å². The van der Waals surface area contributed by atoms with Crippen molar-refractivity contribution in [3.63, 3.8) is 0 Å². The molecule has 0 radical (unpaired) electrons. The topological polar surface area (TPSA) is 29.9 Å². The van der Waals surface area contributed by atoms with Gasteiger partial charge in [0.2, 0.25) is 0 Å². The molecular weight excluding hydrogens is 254 g/mol. The minimum Gasteiger partial charge on any atom is -0.329 e. The van der Waals surface area contributed by atoms with Gasteiger partial charge in [0.1, 0.15) is 5.82 Å². The van der Waals surface area contributed by atoms with Crippen molar-refractivity contribution in [2.45, 2.75) is 39.8 Å². The number of thiophene rings is 1. The molecule has 19 heavy (non-hydrogen) atoms. The molecule has 0 aliphatic carbocycles. The van der Waals surface area contributed by atoms with Gasteiger partial charge in [-0.25, -0.2) is 4.98 Å². The average molecular weight is 277 g/mol. The molecule has 1 N–H and O–H groups in total. The number of hydrogen-bond acceptors (Lipinski definition) is 3. The Morgan fingerprint density at radius 3 is 2.89 bits per heavy atom. The molecule has 0 spiro atoms. The second-order valence-corrected chi connectivity index (χ2v) is 6.13. The first kappa shape index (κ1) is 14.3. The molecule has 2 rings (SSSR count). The normalized spacial score (nSPS) is 13.1. The number of aromatic nitrogens is 2. The summed E-state index contributed by atoms with van der Waals surface area (Å²) in [5.41, 5.74) is 0. The summed E-state index contributed by atoms with van der Waals surface area (Å²) in [6.45, 7) is 8.81. The summed E-state index contributed by atoms with van der Waals surface area (Å²) >= 11 is 1.74. The number of imidazole rings is 1. The van der Waals surface area contributed by atoms with Crippen LogP contribution in [0.2, 0.25) is 0 Å². The summed E-state index contributed by atoms with van der Waals surface area (Å²) in [5, 5.41) is 5.74. The van der Waals surface area contributed by atoms with E-state index in [1.165, 1.54) is 11.3 Å². The van der Waals surface area contributed by atoms with Crippen molar-refractivity contribution >= 4 is 11.3 Å². The van der Waals surface area contributed by atoms with Crippen LogP contribution < -0.4 is 5.32 Å². The van der Waals surface area contributed by atoms with E-state index in [-0.39, 0.29) is 0 Å². The van der Waals surface area contributed by atoms with E-state index in [0.29, 0.717) is 12.0 Å². The van der Waals surface area contributed by atoms with E-state index < -0.39 is 0 Å². The first-order chi connectivity index (χ1) is 9.22. The molecule has 0 aliphatic rings. The van der Waals surface area contributed by atoms with E-state index >= 15 is 0 Å². The van der Waals surface area contributed by atoms with Crippen LogP contribution in [0.5, 0.6) is 0 Å². The fourth-order valence-corrected chi connectivity index (χ4v) is 2.88. The molecule has 1 unspecified atom stereocenters. The third-order valence-corrected chi connectivity index (χ3v) is 4.18. The van der Waals surface area contributed by atoms with E-state index in [4.69, 9.17) is 0 Å². The molecule has 0 fully saturated rings. The van der Waals surface area contributed by atoms with E-state index in [9.17, 15) is 0 Å². The highest BCUT2D eigenvalue weighted by atomic mass is 32.1. The Hall–Kier alpha value is -1.13. The Bertz CT molecular complexity index is 473. The summed E-state index contributed by atoms with van der Waals surface area (Å²) in [5.74, 6) is 1.70. The zero-order valence-electron chi connectivity index (χ0n) is 12.0. The van der Waals surface area contributed by atoms with E-state index in [0.717, 1.165) is 18.9 Å². The smallest absolute Gasteiger partial charge is 0.150 e. The highest BCUT2D eigenvalue weighted by Gasteiger charge is 2.15. The van der Waals surface area contributed by atoms with Crippen molar-refractivity contribution in [2.75, 3.05) is 6.54 Å². The number of hydrogen-bond donors (Lipinski definition) is 1. The summed E-state index contributed by atoms with van der Waals surface area (Å²) in [6, 6.07) is 4.70. The Kier molecular flexibility index (Phi) is 5.16. The van der Waals surface area contributed by atoms with E-state index in [1.54, 1.807) is 11.3 Å². The van der Waals surface area contributed by atoms with Crippen LogP contribution in [0.3, 0.4) is 0 Å². The number of nitrogens with one attached hydrogen (secondary N) is 1. The maximum atomic E-state index is 4.50. The van der Waals surface area contributed by atoms with E-state index in [2.05, 4.69) is 59.3 Å². The van der Waals surface area contributed by atoms with Gasteiger partial charge in [-0.05, 0) is 30.3 Å². The van der Waals surface area contributed by atoms with Gasteiger partial charge in [0.25, 0.3) is 0 Å². The van der Waals surface area contributed by atoms with Crippen LogP contribution in [0.15, 0.2) is 29.9 Å². The first-order valence-corrected chi connectivity index (χ1v) is 7.88. The van der Waals surface area contributed by atoms with Gasteiger partial charge in [0.05, 0.1) is 4.88 Å². The summed E-state index contributed by atoms with van der Waals surface area (Å²) in [7, 11) is 0. The first-order valence-electron chi connectivity index (χ1n) is 7.00. The fourth-order valence-electron chi connectivity index (χ4n) is 2.14. The third kappa shape index (κ3) is 3.67. The Balaban J connectivity index is 2.11. The third-order valence-electron chi connectivity index (χ3n) is 3.31. The summed E-state index contributed by atoms with van der Waals surface area (Å²) < 4.78 is 2.26. The van der Waals surface area contributed by atoms with Crippen molar-refractivity contribution in [1.82, 2.24) is 14.9 Å². The molecule has 0 saturated carbocycles. The summed E-state index contributed by atoms with van der Waals surface area (Å²) in [6.07, 6.45) is 5.15. The molecule has 1 atom stereocenters. The molecule has 104 valence electrons. The van der Waals surface area contributed by atoms with Gasteiger partial charge in [-0.3, -0.25) is 0 Å². The van der Waals surface area contributed by atoms with Crippen molar-refractivity contribution in [3.8, 4) is 10.7 Å². The molecule has 0 aliphatic heterocycles. The van der Waals surface area contributed by atoms with Crippen molar-refractivity contribution in [2.24, 2.45) is 5.92 Å². The lowest BCUT2D eigenvalue weighted by atomic mass is 10.0. The maximum Gasteiger partial charge on any atom is 0.150 e. The summed E-state index contributed by atoms with van der Waals surface area (Å²) in [4.78, 5) is 5.74. The quantitative estimate of drug-likeness (QED) is 0.837. The van der Waals surface area contributed by atoms with Gasteiger partial charge >= 0.3 is 0 Å². The lowest BCUT2D eigenvalue weighted by molar-refractivity contribution is 0.357. The predicted molar refractivity (Wildman–Crippen MR) is 82.5 cm³/mol. The van der Waals surface area contributed by atoms with Gasteiger partial charge in [0.15, 0.2) is 0 Å². The van der Waals surface area contributed by atoms with Gasteiger partial charge in [-0.1, -0.05) is 26.8 Å². The number of nitrogens with zero attached hydrogens (tertiary/aromatic N) is 2. The van der Waals surface area contributed by atoms with Gasteiger partial charge in [-0.2, -0.15) is 0 Å². The van der Waals surface area contributed by atoms with Gasteiger partial charge < -0.3 is 9.88 Å². The van der Waals surface area contributed by atoms with Crippen molar-refractivity contribution in [1.29, 1.82) is 0 Å². The molecule has 2 aromatic heterocycles. The maximum absolute atomic E-state index is 4.50. The zero-order chi connectivity index (χ0) is 13.7. The molecule has 3 nitrogen and oxygen atoms in total. The largest absolute Gasteiger partial charge is 0.329 e. The highest BCUT2D eigenvalue weighted by molar-refractivity contribution is 7.13. The minimum absolute atomic E-state index is 0.493. The average Bonchev–Trinajstić information content (AvgIpc) is 3.04. The zero-order valence-corrected chi connectivity index (χ0v) is 12.8. The van der Waals surface area contributed by atoms with Crippen molar-refractivity contribution in [3.05, 3.63) is 29.9 Å². The second kappa shape index (κ2) is 6.87. The van der Waals surface area contributed by atoms with Crippen LogP contribution in [0, 0.1) is 5.92 Å². The lowest BCUT2D eigenvalue weighted by Gasteiger charge is -2.23.